The molecule has 0 unspecified atom stereocenters. The van der Waals surface area contributed by atoms with E-state index >= 15 is 0 Å². The van der Waals surface area contributed by atoms with E-state index in [1.807, 2.05) is 30.3 Å². The Bertz CT molecular complexity index is 651. The fourth-order valence-corrected chi connectivity index (χ4v) is 3.06. The molecule has 2 aromatic rings. The van der Waals surface area contributed by atoms with E-state index in [0.29, 0.717) is 17.6 Å². The second kappa shape index (κ2) is 5.37. The summed E-state index contributed by atoms with van der Waals surface area (Å²) in [5.74, 6) is -0.272. The molecule has 1 amide bonds. The van der Waals surface area contributed by atoms with Gasteiger partial charge in [0.25, 0.3) is 5.91 Å². The van der Waals surface area contributed by atoms with Gasteiger partial charge in [0.05, 0.1) is 0 Å². The SMILES string of the molecule is O=C1c2ccccc2CCN1Cc1cc(F)cc(Br)c1. The average molecular weight is 334 g/mol. The van der Waals surface area contributed by atoms with E-state index in [2.05, 4.69) is 15.9 Å². The van der Waals surface area contributed by atoms with Crippen LogP contribution in [0, 0.1) is 5.82 Å². The number of rotatable bonds is 2. The second-order valence-electron chi connectivity index (χ2n) is 4.91. The van der Waals surface area contributed by atoms with Gasteiger partial charge < -0.3 is 4.90 Å². The van der Waals surface area contributed by atoms with Gasteiger partial charge in [-0.1, -0.05) is 34.1 Å². The molecule has 0 N–H and O–H groups in total. The lowest BCUT2D eigenvalue weighted by atomic mass is 9.99. The van der Waals surface area contributed by atoms with Crippen LogP contribution < -0.4 is 0 Å². The summed E-state index contributed by atoms with van der Waals surface area (Å²) < 4.78 is 14.1. The average Bonchev–Trinajstić information content (AvgIpc) is 2.41. The monoisotopic (exact) mass is 333 g/mol. The predicted molar refractivity (Wildman–Crippen MR) is 79.0 cm³/mol. The van der Waals surface area contributed by atoms with Gasteiger partial charge in [-0.3, -0.25) is 4.79 Å². The minimum absolute atomic E-state index is 0.0206. The van der Waals surface area contributed by atoms with Gasteiger partial charge in [0.1, 0.15) is 5.82 Å². The molecule has 3 rings (SSSR count). The summed E-state index contributed by atoms with van der Waals surface area (Å²) in [4.78, 5) is 14.2. The first-order valence-electron chi connectivity index (χ1n) is 6.45. The highest BCUT2D eigenvalue weighted by Gasteiger charge is 2.23. The van der Waals surface area contributed by atoms with E-state index in [9.17, 15) is 9.18 Å². The molecule has 102 valence electrons. The van der Waals surface area contributed by atoms with Crippen molar-refractivity contribution in [3.63, 3.8) is 0 Å². The Morgan fingerprint density at radius 2 is 2.00 bits per heavy atom. The minimum Gasteiger partial charge on any atom is -0.334 e. The molecular formula is C16H13BrFNO. The predicted octanol–water partition coefficient (Wildman–Crippen LogP) is 3.79. The van der Waals surface area contributed by atoms with Crippen molar-refractivity contribution in [1.82, 2.24) is 4.90 Å². The van der Waals surface area contributed by atoms with Crippen molar-refractivity contribution >= 4 is 21.8 Å². The molecule has 0 atom stereocenters. The fourth-order valence-electron chi connectivity index (χ4n) is 2.55. The number of fused-ring (bicyclic) bond motifs is 1. The molecule has 0 aliphatic carbocycles. The number of carbonyl (C=O) groups is 1. The first kappa shape index (κ1) is 13.3. The zero-order valence-corrected chi connectivity index (χ0v) is 12.4. The number of halogens is 2. The molecule has 2 nitrogen and oxygen atoms in total. The summed E-state index contributed by atoms with van der Waals surface area (Å²) in [6.07, 6.45) is 0.846. The quantitative estimate of drug-likeness (QED) is 0.818. The first-order chi connectivity index (χ1) is 9.63. The van der Waals surface area contributed by atoms with Crippen LogP contribution in [0.4, 0.5) is 4.39 Å². The second-order valence-corrected chi connectivity index (χ2v) is 5.83. The third kappa shape index (κ3) is 2.61. The Hall–Kier alpha value is -1.68. The molecule has 0 saturated heterocycles. The summed E-state index contributed by atoms with van der Waals surface area (Å²) in [7, 11) is 0. The highest BCUT2D eigenvalue weighted by Crippen LogP contribution is 2.22. The maximum atomic E-state index is 13.4. The molecule has 1 aliphatic heterocycles. The summed E-state index contributed by atoms with van der Waals surface area (Å²) >= 11 is 3.28. The maximum Gasteiger partial charge on any atom is 0.254 e. The molecule has 0 bridgehead atoms. The minimum atomic E-state index is -0.292. The summed E-state index contributed by atoms with van der Waals surface area (Å²) in [6, 6.07) is 12.4. The van der Waals surface area contributed by atoms with Crippen LogP contribution in [0.3, 0.4) is 0 Å². The molecule has 2 aromatic carbocycles. The maximum absolute atomic E-state index is 13.4. The van der Waals surface area contributed by atoms with Crippen molar-refractivity contribution in [2.24, 2.45) is 0 Å². The Labute approximate surface area is 125 Å². The van der Waals surface area contributed by atoms with Crippen LogP contribution in [-0.2, 0) is 13.0 Å². The van der Waals surface area contributed by atoms with Gasteiger partial charge in [-0.05, 0) is 41.8 Å². The molecule has 0 aromatic heterocycles. The number of amides is 1. The number of benzene rings is 2. The van der Waals surface area contributed by atoms with Gasteiger partial charge >= 0.3 is 0 Å². The lowest BCUT2D eigenvalue weighted by molar-refractivity contribution is 0.0727. The van der Waals surface area contributed by atoms with E-state index in [1.54, 1.807) is 4.90 Å². The third-order valence-electron chi connectivity index (χ3n) is 3.48. The van der Waals surface area contributed by atoms with Crippen LogP contribution in [0.1, 0.15) is 21.5 Å². The standard InChI is InChI=1S/C16H13BrFNO/c17-13-7-11(8-14(18)9-13)10-19-6-5-12-3-1-2-4-15(12)16(19)20/h1-4,7-9H,5-6,10H2. The van der Waals surface area contributed by atoms with Crippen molar-refractivity contribution in [3.8, 4) is 0 Å². The number of hydrogen-bond donors (Lipinski definition) is 0. The normalized spacial score (nSPS) is 14.3. The van der Waals surface area contributed by atoms with Crippen LogP contribution in [0.2, 0.25) is 0 Å². The van der Waals surface area contributed by atoms with Gasteiger partial charge in [-0.15, -0.1) is 0 Å². The van der Waals surface area contributed by atoms with Crippen molar-refractivity contribution in [1.29, 1.82) is 0 Å². The molecule has 1 heterocycles. The topological polar surface area (TPSA) is 20.3 Å². The van der Waals surface area contributed by atoms with Crippen molar-refractivity contribution in [3.05, 3.63) is 69.4 Å². The van der Waals surface area contributed by atoms with E-state index < -0.39 is 0 Å². The Morgan fingerprint density at radius 3 is 2.80 bits per heavy atom. The van der Waals surface area contributed by atoms with Gasteiger partial charge in [0, 0.05) is 23.1 Å². The lowest BCUT2D eigenvalue weighted by Crippen LogP contribution is -2.37. The number of hydrogen-bond acceptors (Lipinski definition) is 1. The van der Waals surface area contributed by atoms with E-state index in [0.717, 1.165) is 23.1 Å². The van der Waals surface area contributed by atoms with Gasteiger partial charge in [-0.2, -0.15) is 0 Å². The molecule has 0 spiro atoms. The summed E-state index contributed by atoms with van der Waals surface area (Å²) in [6.45, 7) is 1.10. The number of carbonyl (C=O) groups excluding carboxylic acids is 1. The molecule has 20 heavy (non-hydrogen) atoms. The third-order valence-corrected chi connectivity index (χ3v) is 3.94. The Kier molecular flexibility index (Phi) is 3.57. The molecule has 0 radical (unpaired) electrons. The highest BCUT2D eigenvalue weighted by molar-refractivity contribution is 9.10. The Morgan fingerprint density at radius 1 is 1.20 bits per heavy atom. The zero-order valence-electron chi connectivity index (χ0n) is 10.8. The van der Waals surface area contributed by atoms with Gasteiger partial charge in [-0.25, -0.2) is 4.39 Å². The smallest absolute Gasteiger partial charge is 0.254 e. The highest BCUT2D eigenvalue weighted by atomic mass is 79.9. The van der Waals surface area contributed by atoms with Crippen molar-refractivity contribution < 1.29 is 9.18 Å². The summed E-state index contributed by atoms with van der Waals surface area (Å²) in [5.41, 5.74) is 2.65. The van der Waals surface area contributed by atoms with Crippen LogP contribution in [-0.4, -0.2) is 17.4 Å². The van der Waals surface area contributed by atoms with Crippen LogP contribution in [0.25, 0.3) is 0 Å². The van der Waals surface area contributed by atoms with E-state index in [-0.39, 0.29) is 11.7 Å². The lowest BCUT2D eigenvalue weighted by Gasteiger charge is -2.28. The van der Waals surface area contributed by atoms with Crippen molar-refractivity contribution in [2.75, 3.05) is 6.54 Å². The van der Waals surface area contributed by atoms with Crippen LogP contribution >= 0.6 is 15.9 Å². The number of nitrogens with zero attached hydrogens (tertiary/aromatic N) is 1. The molecule has 1 aliphatic rings. The largest absolute Gasteiger partial charge is 0.334 e. The molecule has 0 saturated carbocycles. The van der Waals surface area contributed by atoms with Gasteiger partial charge in [0.2, 0.25) is 0 Å². The molecule has 4 heteroatoms. The Balaban J connectivity index is 1.84. The van der Waals surface area contributed by atoms with Crippen molar-refractivity contribution in [2.45, 2.75) is 13.0 Å². The fraction of sp³-hybridized carbons (Fsp3) is 0.188. The van der Waals surface area contributed by atoms with Gasteiger partial charge in [0.15, 0.2) is 0 Å². The molecule has 0 fully saturated rings. The van der Waals surface area contributed by atoms with E-state index in [4.69, 9.17) is 0 Å². The van der Waals surface area contributed by atoms with E-state index in [1.165, 1.54) is 12.1 Å². The first-order valence-corrected chi connectivity index (χ1v) is 7.25. The van der Waals surface area contributed by atoms with Crippen LogP contribution in [0.5, 0.6) is 0 Å². The zero-order chi connectivity index (χ0) is 14.1. The molecular weight excluding hydrogens is 321 g/mol. The summed E-state index contributed by atoms with van der Waals surface area (Å²) in [5, 5.41) is 0. The van der Waals surface area contributed by atoms with Crippen LogP contribution in [0.15, 0.2) is 46.9 Å².